The second-order valence-electron chi connectivity index (χ2n) is 6.95. The van der Waals surface area contributed by atoms with Crippen LogP contribution in [0.3, 0.4) is 0 Å². The van der Waals surface area contributed by atoms with Crippen molar-refractivity contribution in [3.63, 3.8) is 0 Å². The van der Waals surface area contributed by atoms with Crippen molar-refractivity contribution < 1.29 is 14.0 Å². The summed E-state index contributed by atoms with van der Waals surface area (Å²) >= 11 is 0. The molecular weight excluding hydrogens is 239 g/mol. The normalized spacial score (nSPS) is 29.7. The van der Waals surface area contributed by atoms with Crippen LogP contribution in [-0.2, 0) is 14.0 Å². The van der Waals surface area contributed by atoms with Crippen LogP contribution in [0.15, 0.2) is 11.5 Å². The molecule has 0 N–H and O–H groups in total. The SMILES string of the molecule is CC(C)OC1CC=C(B2OC(C)(C)C(C)(C)O2)CC1. The third kappa shape index (κ3) is 3.23. The number of ether oxygens (including phenoxy) is 1. The first-order chi connectivity index (χ1) is 8.71. The molecule has 1 fully saturated rings. The number of rotatable bonds is 3. The summed E-state index contributed by atoms with van der Waals surface area (Å²) in [7, 11) is -0.176. The highest BCUT2D eigenvalue weighted by Gasteiger charge is 2.52. The molecule has 0 saturated carbocycles. The molecule has 0 spiro atoms. The Morgan fingerprint density at radius 1 is 1.21 bits per heavy atom. The van der Waals surface area contributed by atoms with Crippen LogP contribution in [0.1, 0.15) is 60.8 Å². The summed E-state index contributed by atoms with van der Waals surface area (Å²) in [6.07, 6.45) is 5.95. The Balaban J connectivity index is 1.97. The molecule has 2 aliphatic rings. The van der Waals surface area contributed by atoms with Gasteiger partial charge >= 0.3 is 7.12 Å². The number of allylic oxidation sites excluding steroid dienone is 1. The molecule has 19 heavy (non-hydrogen) atoms. The van der Waals surface area contributed by atoms with Crippen molar-refractivity contribution >= 4 is 7.12 Å². The van der Waals surface area contributed by atoms with Crippen molar-refractivity contribution in [2.75, 3.05) is 0 Å². The van der Waals surface area contributed by atoms with Gasteiger partial charge in [-0.15, -0.1) is 0 Å². The molecule has 0 aromatic carbocycles. The summed E-state index contributed by atoms with van der Waals surface area (Å²) in [6, 6.07) is 0. The van der Waals surface area contributed by atoms with Crippen LogP contribution in [0.4, 0.5) is 0 Å². The first-order valence-corrected chi connectivity index (χ1v) is 7.41. The summed E-state index contributed by atoms with van der Waals surface area (Å²) in [4.78, 5) is 0. The van der Waals surface area contributed by atoms with Gasteiger partial charge in [0.2, 0.25) is 0 Å². The summed E-state index contributed by atoms with van der Waals surface area (Å²) in [5.41, 5.74) is 0.787. The Bertz CT molecular complexity index is 344. The van der Waals surface area contributed by atoms with Crippen LogP contribution >= 0.6 is 0 Å². The Kier molecular flexibility index (Phi) is 4.15. The van der Waals surface area contributed by atoms with Crippen molar-refractivity contribution in [2.45, 2.75) is 84.2 Å². The molecular formula is C15H27BO3. The van der Waals surface area contributed by atoms with E-state index in [0.29, 0.717) is 12.2 Å². The zero-order valence-corrected chi connectivity index (χ0v) is 13.2. The van der Waals surface area contributed by atoms with Crippen LogP contribution in [0.25, 0.3) is 0 Å². The minimum absolute atomic E-state index is 0.176. The fraction of sp³-hybridized carbons (Fsp3) is 0.867. The van der Waals surface area contributed by atoms with E-state index >= 15 is 0 Å². The van der Waals surface area contributed by atoms with Gasteiger partial charge in [-0.3, -0.25) is 0 Å². The van der Waals surface area contributed by atoms with E-state index in [1.807, 2.05) is 0 Å². The minimum atomic E-state index is -0.246. The summed E-state index contributed by atoms with van der Waals surface area (Å²) < 4.78 is 18.0. The lowest BCUT2D eigenvalue weighted by atomic mass is 9.72. The van der Waals surface area contributed by atoms with Gasteiger partial charge in [-0.1, -0.05) is 6.08 Å². The van der Waals surface area contributed by atoms with Crippen LogP contribution in [-0.4, -0.2) is 30.5 Å². The lowest BCUT2D eigenvalue weighted by Crippen LogP contribution is -2.41. The monoisotopic (exact) mass is 266 g/mol. The molecule has 0 bridgehead atoms. The zero-order chi connectivity index (χ0) is 14.3. The summed E-state index contributed by atoms with van der Waals surface area (Å²) in [5, 5.41) is 0. The molecule has 1 atom stereocenters. The smallest absolute Gasteiger partial charge is 0.400 e. The fourth-order valence-corrected chi connectivity index (χ4v) is 2.55. The van der Waals surface area contributed by atoms with E-state index in [1.165, 1.54) is 5.47 Å². The Morgan fingerprint density at radius 2 is 1.79 bits per heavy atom. The summed E-state index contributed by atoms with van der Waals surface area (Å²) in [6.45, 7) is 12.6. The molecule has 1 saturated heterocycles. The van der Waals surface area contributed by atoms with E-state index < -0.39 is 0 Å². The van der Waals surface area contributed by atoms with E-state index in [4.69, 9.17) is 14.0 Å². The van der Waals surface area contributed by atoms with Gasteiger partial charge in [-0.05, 0) is 66.3 Å². The maximum Gasteiger partial charge on any atom is 0.490 e. The average Bonchev–Trinajstić information content (AvgIpc) is 2.48. The van der Waals surface area contributed by atoms with Gasteiger partial charge in [0.05, 0.1) is 23.4 Å². The van der Waals surface area contributed by atoms with Gasteiger partial charge in [0, 0.05) is 0 Å². The van der Waals surface area contributed by atoms with Gasteiger partial charge in [0.15, 0.2) is 0 Å². The third-order valence-electron chi connectivity index (χ3n) is 4.42. The van der Waals surface area contributed by atoms with Crippen molar-refractivity contribution in [1.82, 2.24) is 0 Å². The third-order valence-corrected chi connectivity index (χ3v) is 4.42. The average molecular weight is 266 g/mol. The van der Waals surface area contributed by atoms with E-state index in [0.717, 1.165) is 19.3 Å². The summed E-state index contributed by atoms with van der Waals surface area (Å²) in [5.74, 6) is 0. The van der Waals surface area contributed by atoms with Crippen molar-refractivity contribution in [2.24, 2.45) is 0 Å². The molecule has 1 aliphatic carbocycles. The quantitative estimate of drug-likeness (QED) is 0.731. The Morgan fingerprint density at radius 3 is 2.21 bits per heavy atom. The van der Waals surface area contributed by atoms with Crippen LogP contribution < -0.4 is 0 Å². The van der Waals surface area contributed by atoms with E-state index in [1.54, 1.807) is 0 Å². The topological polar surface area (TPSA) is 27.7 Å². The number of hydrogen-bond donors (Lipinski definition) is 0. The molecule has 2 rings (SSSR count). The molecule has 4 heteroatoms. The van der Waals surface area contributed by atoms with E-state index in [-0.39, 0.29) is 18.3 Å². The predicted molar refractivity (Wildman–Crippen MR) is 78.0 cm³/mol. The van der Waals surface area contributed by atoms with Crippen molar-refractivity contribution in [1.29, 1.82) is 0 Å². The van der Waals surface area contributed by atoms with Gasteiger partial charge in [-0.2, -0.15) is 0 Å². The molecule has 1 aliphatic heterocycles. The Hall–Kier alpha value is -0.315. The largest absolute Gasteiger partial charge is 0.490 e. The van der Waals surface area contributed by atoms with Crippen LogP contribution in [0.5, 0.6) is 0 Å². The standard InChI is InChI=1S/C15H27BO3/c1-11(2)17-13-9-7-12(8-10-13)16-18-14(3,4)15(5,6)19-16/h7,11,13H,8-10H2,1-6H3. The highest BCUT2D eigenvalue weighted by molar-refractivity contribution is 6.54. The molecule has 1 heterocycles. The van der Waals surface area contributed by atoms with Crippen LogP contribution in [0.2, 0.25) is 0 Å². The predicted octanol–water partition coefficient (Wildman–Crippen LogP) is 3.52. The van der Waals surface area contributed by atoms with Gasteiger partial charge in [-0.25, -0.2) is 0 Å². The second-order valence-corrected chi connectivity index (χ2v) is 6.95. The number of hydrogen-bond acceptors (Lipinski definition) is 3. The lowest BCUT2D eigenvalue weighted by molar-refractivity contribution is 0.00309. The molecule has 108 valence electrons. The maximum absolute atomic E-state index is 6.09. The van der Waals surface area contributed by atoms with E-state index in [2.05, 4.69) is 47.6 Å². The Labute approximate surface area is 117 Å². The zero-order valence-electron chi connectivity index (χ0n) is 13.2. The van der Waals surface area contributed by atoms with Crippen LogP contribution in [0, 0.1) is 0 Å². The molecule has 0 radical (unpaired) electrons. The van der Waals surface area contributed by atoms with E-state index in [9.17, 15) is 0 Å². The molecule has 0 amide bonds. The van der Waals surface area contributed by atoms with Gasteiger partial charge in [0.1, 0.15) is 0 Å². The first kappa shape index (κ1) is 15.1. The van der Waals surface area contributed by atoms with Gasteiger partial charge in [0.25, 0.3) is 0 Å². The molecule has 3 nitrogen and oxygen atoms in total. The molecule has 0 aromatic heterocycles. The van der Waals surface area contributed by atoms with Gasteiger partial charge < -0.3 is 14.0 Å². The highest BCUT2D eigenvalue weighted by atomic mass is 16.7. The first-order valence-electron chi connectivity index (χ1n) is 7.41. The molecule has 0 aromatic rings. The molecule has 1 unspecified atom stereocenters. The minimum Gasteiger partial charge on any atom is -0.400 e. The second kappa shape index (κ2) is 5.23. The lowest BCUT2D eigenvalue weighted by Gasteiger charge is -2.32. The maximum atomic E-state index is 6.09. The van der Waals surface area contributed by atoms with Crippen molar-refractivity contribution in [3.8, 4) is 0 Å². The van der Waals surface area contributed by atoms with Crippen molar-refractivity contribution in [3.05, 3.63) is 11.5 Å². The highest BCUT2D eigenvalue weighted by Crippen LogP contribution is 2.40. The fourth-order valence-electron chi connectivity index (χ4n) is 2.55.